The summed E-state index contributed by atoms with van der Waals surface area (Å²) in [6.07, 6.45) is 0.902. The molecule has 0 radical (unpaired) electrons. The van der Waals surface area contributed by atoms with Crippen LogP contribution in [-0.2, 0) is 6.42 Å². The minimum absolute atomic E-state index is 0.0984. The molecule has 0 N–H and O–H groups in total. The summed E-state index contributed by atoms with van der Waals surface area (Å²) in [7, 11) is 1.54. The molecule has 7 heteroatoms. The second kappa shape index (κ2) is 5.31. The zero-order chi connectivity index (χ0) is 15.1. The molecule has 0 spiro atoms. The maximum atomic E-state index is 13.4. The number of rotatable bonds is 2. The first-order valence-electron chi connectivity index (χ1n) is 6.26. The van der Waals surface area contributed by atoms with Crippen LogP contribution in [0.4, 0.5) is 4.39 Å². The van der Waals surface area contributed by atoms with Crippen LogP contribution < -0.4 is 9.47 Å². The van der Waals surface area contributed by atoms with Crippen molar-refractivity contribution in [3.63, 3.8) is 0 Å². The second-order valence-corrected chi connectivity index (χ2v) is 5.45. The van der Waals surface area contributed by atoms with Crippen molar-refractivity contribution in [3.8, 4) is 22.9 Å². The van der Waals surface area contributed by atoms with Crippen molar-refractivity contribution in [3.05, 3.63) is 33.8 Å². The Morgan fingerprint density at radius 2 is 1.95 bits per heavy atom. The van der Waals surface area contributed by atoms with Crippen LogP contribution in [0.1, 0.15) is 12.5 Å². The third-order valence-electron chi connectivity index (χ3n) is 3.23. The predicted octanol–water partition coefficient (Wildman–Crippen LogP) is 3.92. The molecule has 3 rings (SSSR count). The monoisotopic (exact) mass is 328 g/mol. The molecule has 0 amide bonds. The molecule has 0 bridgehead atoms. The van der Waals surface area contributed by atoms with Gasteiger partial charge in [-0.2, -0.15) is 0 Å². The van der Waals surface area contributed by atoms with Crippen LogP contribution >= 0.6 is 23.2 Å². The number of hydrogen-bond donors (Lipinski definition) is 0. The Morgan fingerprint density at radius 3 is 2.57 bits per heavy atom. The van der Waals surface area contributed by atoms with Crippen molar-refractivity contribution >= 4 is 23.2 Å². The Morgan fingerprint density at radius 1 is 1.29 bits per heavy atom. The summed E-state index contributed by atoms with van der Waals surface area (Å²) in [5.74, 6) is 0.643. The number of aromatic nitrogens is 2. The fourth-order valence-corrected chi connectivity index (χ4v) is 2.69. The van der Waals surface area contributed by atoms with E-state index in [2.05, 4.69) is 9.97 Å². The third-order valence-corrected chi connectivity index (χ3v) is 3.73. The Hall–Kier alpha value is -1.59. The van der Waals surface area contributed by atoms with E-state index in [9.17, 15) is 4.39 Å². The fraction of sp³-hybridized carbons (Fsp3) is 0.286. The molecule has 0 aliphatic carbocycles. The molecule has 1 aliphatic heterocycles. The number of nitrogens with zero attached hydrogens (tertiary/aromatic N) is 2. The molecule has 0 saturated carbocycles. The van der Waals surface area contributed by atoms with Crippen LogP contribution in [0.15, 0.2) is 12.1 Å². The smallest absolute Gasteiger partial charge is 0.197 e. The van der Waals surface area contributed by atoms with E-state index in [0.717, 1.165) is 17.7 Å². The number of fused-ring (bicyclic) bond motifs is 1. The first-order valence-corrected chi connectivity index (χ1v) is 7.01. The van der Waals surface area contributed by atoms with Crippen molar-refractivity contribution in [1.82, 2.24) is 9.97 Å². The molecule has 1 aliphatic rings. The minimum atomic E-state index is -0.841. The highest BCUT2D eigenvalue weighted by Crippen LogP contribution is 2.39. The topological polar surface area (TPSA) is 44.2 Å². The van der Waals surface area contributed by atoms with Crippen LogP contribution in [0.25, 0.3) is 11.4 Å². The summed E-state index contributed by atoms with van der Waals surface area (Å²) in [6.45, 7) is 1.98. The first-order chi connectivity index (χ1) is 9.99. The molecule has 1 atom stereocenters. The molecule has 0 fully saturated rings. The van der Waals surface area contributed by atoms with Gasteiger partial charge in [0, 0.05) is 12.0 Å². The lowest BCUT2D eigenvalue weighted by molar-refractivity contribution is 0.254. The van der Waals surface area contributed by atoms with Crippen LogP contribution in [-0.4, -0.2) is 23.2 Å². The Labute approximate surface area is 130 Å². The molecular formula is C14H11Cl2FN2O2. The summed E-state index contributed by atoms with van der Waals surface area (Å²) < 4.78 is 24.5. The van der Waals surface area contributed by atoms with Crippen LogP contribution in [0, 0.1) is 5.82 Å². The van der Waals surface area contributed by atoms with Gasteiger partial charge in [0.25, 0.3) is 0 Å². The highest BCUT2D eigenvalue weighted by Gasteiger charge is 2.24. The van der Waals surface area contributed by atoms with E-state index < -0.39 is 5.82 Å². The highest BCUT2D eigenvalue weighted by atomic mass is 35.5. The van der Waals surface area contributed by atoms with Gasteiger partial charge >= 0.3 is 0 Å². The fourth-order valence-electron chi connectivity index (χ4n) is 2.30. The standard InChI is InChI=1S/C14H11Cl2FN2O2/c1-6-3-7-4-10(20-2)8(5-9(7)21-6)14-18-12(15)11(17)13(16)19-14/h4-6H,3H2,1-2H3. The lowest BCUT2D eigenvalue weighted by atomic mass is 10.1. The molecule has 21 heavy (non-hydrogen) atoms. The molecule has 2 heterocycles. The van der Waals surface area contributed by atoms with E-state index >= 15 is 0 Å². The number of hydrogen-bond acceptors (Lipinski definition) is 4. The lowest BCUT2D eigenvalue weighted by Crippen LogP contribution is -2.05. The molecule has 1 aromatic carbocycles. The van der Waals surface area contributed by atoms with E-state index in [1.807, 2.05) is 13.0 Å². The van der Waals surface area contributed by atoms with Gasteiger partial charge in [-0.05, 0) is 19.1 Å². The average molecular weight is 329 g/mol. The Bertz CT molecular complexity index is 701. The predicted molar refractivity (Wildman–Crippen MR) is 77.8 cm³/mol. The number of methoxy groups -OCH3 is 1. The maximum Gasteiger partial charge on any atom is 0.197 e. The van der Waals surface area contributed by atoms with Crippen LogP contribution in [0.2, 0.25) is 10.3 Å². The van der Waals surface area contributed by atoms with Gasteiger partial charge in [0.1, 0.15) is 17.6 Å². The number of benzene rings is 1. The van der Waals surface area contributed by atoms with E-state index in [0.29, 0.717) is 11.3 Å². The minimum Gasteiger partial charge on any atom is -0.496 e. The van der Waals surface area contributed by atoms with Crippen molar-refractivity contribution < 1.29 is 13.9 Å². The second-order valence-electron chi connectivity index (χ2n) is 4.74. The summed E-state index contributed by atoms with van der Waals surface area (Å²) in [4.78, 5) is 7.83. The SMILES string of the molecule is COc1cc2c(cc1-c1nc(Cl)c(F)c(Cl)n1)OC(C)C2. The first kappa shape index (κ1) is 14.4. The molecule has 1 unspecified atom stereocenters. The molecular weight excluding hydrogens is 318 g/mol. The normalized spacial score (nSPS) is 16.5. The van der Waals surface area contributed by atoms with E-state index in [-0.39, 0.29) is 22.2 Å². The van der Waals surface area contributed by atoms with Crippen LogP contribution in [0.5, 0.6) is 11.5 Å². The largest absolute Gasteiger partial charge is 0.496 e. The van der Waals surface area contributed by atoms with Crippen molar-refractivity contribution in [2.75, 3.05) is 7.11 Å². The quantitative estimate of drug-likeness (QED) is 0.784. The van der Waals surface area contributed by atoms with E-state index in [1.54, 1.807) is 6.07 Å². The zero-order valence-corrected chi connectivity index (χ0v) is 12.8. The van der Waals surface area contributed by atoms with Crippen LogP contribution in [0.3, 0.4) is 0 Å². The summed E-state index contributed by atoms with van der Waals surface area (Å²) in [6, 6.07) is 3.63. The molecule has 0 saturated heterocycles. The van der Waals surface area contributed by atoms with Gasteiger partial charge in [0.15, 0.2) is 21.9 Å². The van der Waals surface area contributed by atoms with Crippen molar-refractivity contribution in [1.29, 1.82) is 0 Å². The molecule has 4 nitrogen and oxygen atoms in total. The lowest BCUT2D eigenvalue weighted by Gasteiger charge is -2.11. The van der Waals surface area contributed by atoms with Gasteiger partial charge in [-0.15, -0.1) is 0 Å². The summed E-state index contributed by atoms with van der Waals surface area (Å²) in [5, 5.41) is -0.663. The summed E-state index contributed by atoms with van der Waals surface area (Å²) >= 11 is 11.4. The Balaban J connectivity index is 2.16. The van der Waals surface area contributed by atoms with Gasteiger partial charge in [-0.1, -0.05) is 23.2 Å². The third kappa shape index (κ3) is 2.51. The maximum absolute atomic E-state index is 13.4. The Kier molecular flexibility index (Phi) is 3.63. The molecule has 2 aromatic rings. The average Bonchev–Trinajstić information content (AvgIpc) is 2.81. The number of halogens is 3. The number of ether oxygens (including phenoxy) is 2. The van der Waals surface area contributed by atoms with Gasteiger partial charge in [0.2, 0.25) is 0 Å². The van der Waals surface area contributed by atoms with Gasteiger partial charge in [0.05, 0.1) is 12.7 Å². The van der Waals surface area contributed by atoms with Gasteiger partial charge in [-0.3, -0.25) is 0 Å². The van der Waals surface area contributed by atoms with Gasteiger partial charge in [-0.25, -0.2) is 14.4 Å². The van der Waals surface area contributed by atoms with Gasteiger partial charge < -0.3 is 9.47 Å². The zero-order valence-electron chi connectivity index (χ0n) is 11.3. The van der Waals surface area contributed by atoms with Crippen molar-refractivity contribution in [2.24, 2.45) is 0 Å². The van der Waals surface area contributed by atoms with E-state index in [1.165, 1.54) is 7.11 Å². The molecule has 1 aromatic heterocycles. The molecule has 110 valence electrons. The highest BCUT2D eigenvalue weighted by molar-refractivity contribution is 6.33. The van der Waals surface area contributed by atoms with Crippen molar-refractivity contribution in [2.45, 2.75) is 19.4 Å². The summed E-state index contributed by atoms with van der Waals surface area (Å²) in [5.41, 5.74) is 1.59. The van der Waals surface area contributed by atoms with E-state index in [4.69, 9.17) is 32.7 Å².